The number of thioether (sulfide) groups is 1. The molecule has 2 rings (SSSR count). The second kappa shape index (κ2) is 7.07. The highest BCUT2D eigenvalue weighted by molar-refractivity contribution is 9.10. The molecule has 1 saturated heterocycles. The van der Waals surface area contributed by atoms with Crippen LogP contribution in [-0.2, 0) is 9.59 Å². The molecule has 0 bridgehead atoms. The number of carbonyl (C=O) groups is 2. The minimum absolute atomic E-state index is 0.157. The molecule has 3 atom stereocenters. The molecule has 0 saturated carbocycles. The minimum atomic E-state index is -0.957. The lowest BCUT2D eigenvalue weighted by Crippen LogP contribution is -2.45. The third-order valence-corrected chi connectivity index (χ3v) is 5.79. The number of carbonyl (C=O) groups excluding carboxylic acids is 1. The van der Waals surface area contributed by atoms with Crippen LogP contribution in [0.15, 0.2) is 28.7 Å². The van der Waals surface area contributed by atoms with E-state index in [1.807, 2.05) is 24.3 Å². The summed E-state index contributed by atoms with van der Waals surface area (Å²) in [5.74, 6) is -0.607. The zero-order valence-electron chi connectivity index (χ0n) is 11.4. The van der Waals surface area contributed by atoms with Crippen molar-refractivity contribution in [2.24, 2.45) is 5.92 Å². The van der Waals surface area contributed by atoms with Gasteiger partial charge in [-0.25, -0.2) is 4.79 Å². The van der Waals surface area contributed by atoms with Crippen LogP contribution in [0.25, 0.3) is 0 Å². The lowest BCUT2D eigenvalue weighted by atomic mass is 10.1. The van der Waals surface area contributed by atoms with Crippen molar-refractivity contribution in [1.82, 2.24) is 4.90 Å². The van der Waals surface area contributed by atoms with Gasteiger partial charge in [-0.2, -0.15) is 12.6 Å². The Morgan fingerprint density at radius 2 is 2.10 bits per heavy atom. The van der Waals surface area contributed by atoms with Gasteiger partial charge in [-0.05, 0) is 17.7 Å². The summed E-state index contributed by atoms with van der Waals surface area (Å²) >= 11 is 9.01. The molecule has 0 radical (unpaired) electrons. The lowest BCUT2D eigenvalue weighted by molar-refractivity contribution is -0.150. The van der Waals surface area contributed by atoms with Crippen LogP contribution in [0.1, 0.15) is 17.9 Å². The highest BCUT2D eigenvalue weighted by Gasteiger charge is 2.43. The van der Waals surface area contributed by atoms with Crippen molar-refractivity contribution in [3.63, 3.8) is 0 Å². The number of amides is 1. The first kappa shape index (κ1) is 16.7. The molecular formula is C14H16BrNO3S2. The van der Waals surface area contributed by atoms with Gasteiger partial charge in [-0.3, -0.25) is 4.79 Å². The van der Waals surface area contributed by atoms with Crippen LogP contribution in [-0.4, -0.2) is 39.4 Å². The molecule has 1 aromatic carbocycles. The first-order valence-corrected chi connectivity index (χ1v) is 8.96. The smallest absolute Gasteiger partial charge is 0.327 e. The molecule has 0 aliphatic carbocycles. The maximum Gasteiger partial charge on any atom is 0.327 e. The molecule has 1 amide bonds. The molecule has 1 unspecified atom stereocenters. The van der Waals surface area contributed by atoms with E-state index in [2.05, 4.69) is 28.6 Å². The van der Waals surface area contributed by atoms with Gasteiger partial charge in [0.1, 0.15) is 11.4 Å². The molecule has 0 aromatic heterocycles. The fourth-order valence-corrected chi connectivity index (χ4v) is 4.03. The number of benzene rings is 1. The highest BCUT2D eigenvalue weighted by Crippen LogP contribution is 2.42. The van der Waals surface area contributed by atoms with Gasteiger partial charge in [0.05, 0.1) is 0 Å². The van der Waals surface area contributed by atoms with Crippen LogP contribution < -0.4 is 0 Å². The summed E-state index contributed by atoms with van der Waals surface area (Å²) in [6.07, 6.45) is 0. The molecule has 21 heavy (non-hydrogen) atoms. The van der Waals surface area contributed by atoms with Crippen molar-refractivity contribution in [3.05, 3.63) is 34.3 Å². The Kier molecular flexibility index (Phi) is 5.62. The number of carboxylic acids is 1. The second-order valence-electron chi connectivity index (χ2n) is 4.92. The Labute approximate surface area is 141 Å². The van der Waals surface area contributed by atoms with Crippen LogP contribution in [0.5, 0.6) is 0 Å². The summed E-state index contributed by atoms with van der Waals surface area (Å²) in [6.45, 7) is 1.77. The van der Waals surface area contributed by atoms with Crippen molar-refractivity contribution in [3.8, 4) is 0 Å². The van der Waals surface area contributed by atoms with E-state index in [9.17, 15) is 14.7 Å². The number of nitrogens with zero attached hydrogens (tertiary/aromatic N) is 1. The number of hydrogen-bond acceptors (Lipinski definition) is 4. The fourth-order valence-electron chi connectivity index (χ4n) is 2.18. The summed E-state index contributed by atoms with van der Waals surface area (Å²) in [7, 11) is 0. The monoisotopic (exact) mass is 389 g/mol. The van der Waals surface area contributed by atoms with E-state index in [1.165, 1.54) is 16.7 Å². The van der Waals surface area contributed by atoms with Crippen molar-refractivity contribution in [1.29, 1.82) is 0 Å². The molecule has 4 nitrogen and oxygen atoms in total. The zero-order valence-corrected chi connectivity index (χ0v) is 14.7. The van der Waals surface area contributed by atoms with E-state index in [-0.39, 0.29) is 17.2 Å². The Morgan fingerprint density at radius 3 is 2.62 bits per heavy atom. The zero-order chi connectivity index (χ0) is 15.6. The number of hydrogen-bond donors (Lipinski definition) is 2. The van der Waals surface area contributed by atoms with E-state index in [0.717, 1.165) is 10.0 Å². The molecule has 114 valence electrons. The first-order chi connectivity index (χ1) is 9.95. The van der Waals surface area contributed by atoms with E-state index in [1.54, 1.807) is 6.92 Å². The summed E-state index contributed by atoms with van der Waals surface area (Å²) < 4.78 is 0.950. The number of halogens is 1. The molecule has 7 heteroatoms. The van der Waals surface area contributed by atoms with Crippen LogP contribution in [0.2, 0.25) is 0 Å². The summed E-state index contributed by atoms with van der Waals surface area (Å²) in [5.41, 5.74) is 0.937. The summed E-state index contributed by atoms with van der Waals surface area (Å²) in [5, 5.41) is 9.11. The second-order valence-corrected chi connectivity index (χ2v) is 7.31. The van der Waals surface area contributed by atoms with Gasteiger partial charge in [-0.1, -0.05) is 35.0 Å². The van der Waals surface area contributed by atoms with Crippen LogP contribution in [0.3, 0.4) is 0 Å². The Bertz CT molecular complexity index is 538. The Morgan fingerprint density at radius 1 is 1.48 bits per heavy atom. The number of aliphatic carboxylic acids is 1. The van der Waals surface area contributed by atoms with Crippen molar-refractivity contribution < 1.29 is 14.7 Å². The molecule has 1 aromatic rings. The molecule has 0 spiro atoms. The largest absolute Gasteiger partial charge is 0.480 e. The van der Waals surface area contributed by atoms with Gasteiger partial charge in [0, 0.05) is 21.9 Å². The minimum Gasteiger partial charge on any atom is -0.480 e. The number of rotatable bonds is 4. The molecule has 1 heterocycles. The third-order valence-electron chi connectivity index (χ3n) is 3.39. The quantitative estimate of drug-likeness (QED) is 0.776. The topological polar surface area (TPSA) is 57.6 Å². The van der Waals surface area contributed by atoms with Gasteiger partial charge < -0.3 is 10.0 Å². The van der Waals surface area contributed by atoms with Gasteiger partial charge in [0.2, 0.25) is 5.91 Å². The predicted octanol–water partition coefficient (Wildman–Crippen LogP) is 3.04. The van der Waals surface area contributed by atoms with Crippen molar-refractivity contribution in [2.75, 3.05) is 11.5 Å². The SMILES string of the molecule is C[C@H](CS)C(=O)N1C(c2ccc(Br)cc2)SC[C@H]1C(=O)O. The van der Waals surface area contributed by atoms with Crippen LogP contribution in [0, 0.1) is 5.92 Å². The molecule has 1 aliphatic heterocycles. The summed E-state index contributed by atoms with van der Waals surface area (Å²) in [4.78, 5) is 25.5. The van der Waals surface area contributed by atoms with Gasteiger partial charge in [0.15, 0.2) is 0 Å². The maximum absolute atomic E-state index is 12.5. The van der Waals surface area contributed by atoms with E-state index >= 15 is 0 Å². The van der Waals surface area contributed by atoms with E-state index in [0.29, 0.717) is 11.5 Å². The number of thiol groups is 1. The molecule has 1 N–H and O–H groups in total. The average molecular weight is 390 g/mol. The molecular weight excluding hydrogens is 374 g/mol. The third kappa shape index (κ3) is 3.57. The average Bonchev–Trinajstić information content (AvgIpc) is 2.91. The van der Waals surface area contributed by atoms with Gasteiger partial charge in [-0.15, -0.1) is 11.8 Å². The fraction of sp³-hybridized carbons (Fsp3) is 0.429. The lowest BCUT2D eigenvalue weighted by Gasteiger charge is -2.29. The van der Waals surface area contributed by atoms with Gasteiger partial charge in [0.25, 0.3) is 0 Å². The molecule has 1 aliphatic rings. The van der Waals surface area contributed by atoms with E-state index < -0.39 is 12.0 Å². The first-order valence-electron chi connectivity index (χ1n) is 6.48. The maximum atomic E-state index is 12.5. The van der Waals surface area contributed by atoms with Crippen molar-refractivity contribution in [2.45, 2.75) is 18.3 Å². The van der Waals surface area contributed by atoms with Crippen LogP contribution in [0.4, 0.5) is 0 Å². The highest BCUT2D eigenvalue weighted by atomic mass is 79.9. The van der Waals surface area contributed by atoms with Gasteiger partial charge >= 0.3 is 5.97 Å². The van der Waals surface area contributed by atoms with Crippen LogP contribution >= 0.6 is 40.3 Å². The number of carboxylic acid groups (broad SMARTS) is 1. The Hall–Kier alpha value is -0.660. The normalized spacial score (nSPS) is 23.1. The predicted molar refractivity (Wildman–Crippen MR) is 90.6 cm³/mol. The summed E-state index contributed by atoms with van der Waals surface area (Å²) in [6, 6.07) is 6.84. The van der Waals surface area contributed by atoms with E-state index in [4.69, 9.17) is 0 Å². The standard InChI is InChI=1S/C14H16BrNO3S2/c1-8(6-20)12(17)16-11(14(18)19)7-21-13(16)9-2-4-10(15)5-3-9/h2-5,8,11,13,20H,6-7H2,1H3,(H,18,19)/t8-,11+,13?/m1/s1. The Balaban J connectivity index is 2.33. The molecule has 1 fully saturated rings. The van der Waals surface area contributed by atoms with Crippen molar-refractivity contribution >= 4 is 52.2 Å².